The Labute approximate surface area is 179 Å². The summed E-state index contributed by atoms with van der Waals surface area (Å²) in [6.07, 6.45) is 1.60. The zero-order valence-corrected chi connectivity index (χ0v) is 18.3. The van der Waals surface area contributed by atoms with Crippen LogP contribution < -0.4 is 15.5 Å². The first kappa shape index (κ1) is 24.4. The number of amides is 1. The number of hydrogen-bond acceptors (Lipinski definition) is 5. The van der Waals surface area contributed by atoms with Crippen LogP contribution in [0.4, 0.5) is 5.82 Å². The highest BCUT2D eigenvalue weighted by atomic mass is 35.5. The van der Waals surface area contributed by atoms with Gasteiger partial charge in [-0.2, -0.15) is 0 Å². The number of fused-ring (bicyclic) bond motifs is 1. The lowest BCUT2D eigenvalue weighted by Crippen LogP contribution is -2.50. The number of aromatic nitrogens is 1. The molecule has 1 fully saturated rings. The molecule has 6 nitrogen and oxygen atoms in total. The molecule has 28 heavy (non-hydrogen) atoms. The van der Waals surface area contributed by atoms with Crippen molar-refractivity contribution in [1.82, 2.24) is 15.6 Å². The molecule has 2 N–H and O–H groups in total. The minimum absolute atomic E-state index is 0. The zero-order valence-electron chi connectivity index (χ0n) is 16.7. The van der Waals surface area contributed by atoms with Gasteiger partial charge in [-0.3, -0.25) is 4.79 Å². The van der Waals surface area contributed by atoms with Crippen molar-refractivity contribution in [3.8, 4) is 0 Å². The van der Waals surface area contributed by atoms with Crippen LogP contribution >= 0.6 is 24.8 Å². The van der Waals surface area contributed by atoms with Gasteiger partial charge in [0.25, 0.3) is 0 Å². The van der Waals surface area contributed by atoms with E-state index < -0.39 is 5.41 Å². The number of para-hydroxylation sites is 1. The first-order valence-corrected chi connectivity index (χ1v) is 9.10. The lowest BCUT2D eigenvalue weighted by atomic mass is 9.78. The number of rotatable bonds is 6. The van der Waals surface area contributed by atoms with Crippen LogP contribution in [-0.2, 0) is 16.1 Å². The lowest BCUT2D eigenvalue weighted by molar-refractivity contribution is -0.136. The normalized spacial score (nSPS) is 15.2. The van der Waals surface area contributed by atoms with Gasteiger partial charge in [-0.05, 0) is 43.6 Å². The van der Waals surface area contributed by atoms with Gasteiger partial charge in [0, 0.05) is 33.1 Å². The van der Waals surface area contributed by atoms with E-state index in [0.29, 0.717) is 13.2 Å². The third kappa shape index (κ3) is 5.26. The Morgan fingerprint density at radius 3 is 2.57 bits per heavy atom. The predicted octanol–water partition coefficient (Wildman–Crippen LogP) is 2.78. The highest BCUT2D eigenvalue weighted by molar-refractivity contribution is 5.86. The molecule has 1 aromatic carbocycles. The molecule has 1 amide bonds. The van der Waals surface area contributed by atoms with Crippen LogP contribution in [0, 0.1) is 5.41 Å². The second-order valence-electron chi connectivity index (χ2n) is 7.20. The summed E-state index contributed by atoms with van der Waals surface area (Å²) < 4.78 is 5.37. The number of carbonyl (C=O) groups excluding carboxylic acids is 1. The largest absolute Gasteiger partial charge is 0.384 e. The first-order chi connectivity index (χ1) is 12.6. The second kappa shape index (κ2) is 10.8. The Hall–Kier alpha value is -1.60. The van der Waals surface area contributed by atoms with Crippen LogP contribution in [0.3, 0.4) is 0 Å². The number of piperidine rings is 1. The highest BCUT2D eigenvalue weighted by Gasteiger charge is 2.39. The molecule has 8 heteroatoms. The van der Waals surface area contributed by atoms with Crippen LogP contribution in [-0.4, -0.2) is 51.8 Å². The van der Waals surface area contributed by atoms with Crippen molar-refractivity contribution in [3.63, 3.8) is 0 Å². The molecule has 0 aliphatic carbocycles. The van der Waals surface area contributed by atoms with Gasteiger partial charge in [-0.1, -0.05) is 18.2 Å². The molecule has 1 saturated heterocycles. The standard InChI is InChI=1S/C20H28N4O2.2ClH/c1-24(2)18-12-15(16-6-4-5-7-17(16)23-18)13-22-19(25)20(14-26-3)8-10-21-11-9-20;;/h4-7,12,21H,8-11,13-14H2,1-3H3,(H,22,25);2*1H. The van der Waals surface area contributed by atoms with Gasteiger partial charge in [-0.25, -0.2) is 4.98 Å². The lowest BCUT2D eigenvalue weighted by Gasteiger charge is -2.35. The summed E-state index contributed by atoms with van der Waals surface area (Å²) in [6, 6.07) is 10.1. The maximum absolute atomic E-state index is 13.0. The van der Waals surface area contributed by atoms with Crippen LogP contribution in [0.1, 0.15) is 18.4 Å². The molecule has 0 saturated carbocycles. The molecule has 1 aliphatic heterocycles. The van der Waals surface area contributed by atoms with Crippen molar-refractivity contribution in [2.24, 2.45) is 5.41 Å². The molecule has 156 valence electrons. The average Bonchev–Trinajstić information content (AvgIpc) is 2.66. The number of pyridine rings is 1. The first-order valence-electron chi connectivity index (χ1n) is 9.10. The van der Waals surface area contributed by atoms with Crippen LogP contribution in [0.15, 0.2) is 30.3 Å². The number of halogens is 2. The molecular weight excluding hydrogens is 399 g/mol. The topological polar surface area (TPSA) is 66.5 Å². The molecule has 1 aliphatic rings. The summed E-state index contributed by atoms with van der Waals surface area (Å²) in [5.41, 5.74) is 1.58. The molecule has 0 unspecified atom stereocenters. The Morgan fingerprint density at radius 2 is 1.93 bits per heavy atom. The third-order valence-corrected chi connectivity index (χ3v) is 5.15. The summed E-state index contributed by atoms with van der Waals surface area (Å²) in [6.45, 7) is 2.64. The van der Waals surface area contributed by atoms with Crippen LogP contribution in [0.2, 0.25) is 0 Å². The summed E-state index contributed by atoms with van der Waals surface area (Å²) in [7, 11) is 5.61. The number of anilines is 1. The van der Waals surface area contributed by atoms with Gasteiger partial charge in [-0.15, -0.1) is 24.8 Å². The van der Waals surface area contributed by atoms with Crippen LogP contribution in [0.25, 0.3) is 10.9 Å². The van der Waals surface area contributed by atoms with E-state index in [1.807, 2.05) is 43.3 Å². The molecule has 0 bridgehead atoms. The fraction of sp³-hybridized carbons (Fsp3) is 0.500. The number of ether oxygens (including phenoxy) is 1. The predicted molar refractivity (Wildman–Crippen MR) is 119 cm³/mol. The van der Waals surface area contributed by atoms with Gasteiger partial charge >= 0.3 is 0 Å². The third-order valence-electron chi connectivity index (χ3n) is 5.15. The SMILES string of the molecule is COCC1(C(=O)NCc2cc(N(C)C)nc3ccccc23)CCNCC1.Cl.Cl. The molecule has 0 radical (unpaired) electrons. The molecule has 1 aromatic heterocycles. The quantitative estimate of drug-likeness (QED) is 0.740. The van der Waals surface area contributed by atoms with E-state index in [1.165, 1.54) is 0 Å². The minimum atomic E-state index is -0.437. The van der Waals surface area contributed by atoms with Gasteiger partial charge in [0.15, 0.2) is 0 Å². The smallest absolute Gasteiger partial charge is 0.228 e. The fourth-order valence-corrected chi connectivity index (χ4v) is 3.59. The Bertz CT molecular complexity index is 774. The molecular formula is C20H30Cl2N4O2. The fourth-order valence-electron chi connectivity index (χ4n) is 3.59. The van der Waals surface area contributed by atoms with E-state index in [0.717, 1.165) is 48.2 Å². The van der Waals surface area contributed by atoms with Gasteiger partial charge < -0.3 is 20.3 Å². The van der Waals surface area contributed by atoms with E-state index >= 15 is 0 Å². The maximum Gasteiger partial charge on any atom is 0.228 e. The Balaban J connectivity index is 0.00000196. The number of hydrogen-bond donors (Lipinski definition) is 2. The van der Waals surface area contributed by atoms with Crippen molar-refractivity contribution in [2.45, 2.75) is 19.4 Å². The van der Waals surface area contributed by atoms with Crippen molar-refractivity contribution < 1.29 is 9.53 Å². The maximum atomic E-state index is 13.0. The zero-order chi connectivity index (χ0) is 18.6. The number of nitrogens with one attached hydrogen (secondary N) is 2. The van der Waals surface area contributed by atoms with Gasteiger partial charge in [0.2, 0.25) is 5.91 Å². The molecule has 2 aromatic rings. The summed E-state index contributed by atoms with van der Waals surface area (Å²) in [4.78, 5) is 19.7. The number of carbonyl (C=O) groups is 1. The second-order valence-corrected chi connectivity index (χ2v) is 7.20. The number of benzene rings is 1. The van der Waals surface area contributed by atoms with Gasteiger partial charge in [0.1, 0.15) is 5.82 Å². The number of nitrogens with zero attached hydrogens (tertiary/aromatic N) is 2. The van der Waals surface area contributed by atoms with Crippen molar-refractivity contribution >= 4 is 47.4 Å². The molecule has 0 atom stereocenters. The van der Waals surface area contributed by atoms with E-state index in [9.17, 15) is 4.79 Å². The average molecular weight is 429 g/mol. The molecule has 3 rings (SSSR count). The summed E-state index contributed by atoms with van der Waals surface area (Å²) >= 11 is 0. The highest BCUT2D eigenvalue weighted by Crippen LogP contribution is 2.30. The summed E-state index contributed by atoms with van der Waals surface area (Å²) in [5, 5.41) is 7.55. The van der Waals surface area contributed by atoms with Crippen molar-refractivity contribution in [3.05, 3.63) is 35.9 Å². The van der Waals surface area contributed by atoms with E-state index in [2.05, 4.69) is 21.7 Å². The van der Waals surface area contributed by atoms with E-state index in [1.54, 1.807) is 7.11 Å². The van der Waals surface area contributed by atoms with Gasteiger partial charge in [0.05, 0.1) is 17.5 Å². The monoisotopic (exact) mass is 428 g/mol. The Morgan fingerprint density at radius 1 is 1.25 bits per heavy atom. The van der Waals surface area contributed by atoms with E-state index in [-0.39, 0.29) is 30.7 Å². The number of methoxy groups -OCH3 is 1. The van der Waals surface area contributed by atoms with Crippen molar-refractivity contribution in [2.75, 3.05) is 45.8 Å². The van der Waals surface area contributed by atoms with E-state index in [4.69, 9.17) is 4.74 Å². The Kier molecular flexibility index (Phi) is 9.44. The van der Waals surface area contributed by atoms with Crippen LogP contribution in [0.5, 0.6) is 0 Å². The van der Waals surface area contributed by atoms with Crippen molar-refractivity contribution in [1.29, 1.82) is 0 Å². The summed E-state index contributed by atoms with van der Waals surface area (Å²) in [5.74, 6) is 0.967. The molecule has 0 spiro atoms. The molecule has 2 heterocycles. The minimum Gasteiger partial charge on any atom is -0.384 e.